The molecule has 1 amide bonds. The molecule has 2 atom stereocenters. The first-order chi connectivity index (χ1) is 13.7. The lowest BCUT2D eigenvalue weighted by Gasteiger charge is -2.33. The summed E-state index contributed by atoms with van der Waals surface area (Å²) in [7, 11) is 0. The van der Waals surface area contributed by atoms with E-state index in [9.17, 15) is 18.4 Å². The molecule has 1 aromatic heterocycles. The molecule has 156 valence electrons. The first-order valence-corrected chi connectivity index (χ1v) is 9.61. The first-order valence-electron chi connectivity index (χ1n) is 9.61. The first kappa shape index (κ1) is 19.8. The Bertz CT molecular complexity index is 933. The number of benzene rings is 1. The van der Waals surface area contributed by atoms with Crippen LogP contribution in [0.4, 0.5) is 13.6 Å². The van der Waals surface area contributed by atoms with Crippen molar-refractivity contribution in [1.82, 2.24) is 14.9 Å². The lowest BCUT2D eigenvalue weighted by molar-refractivity contribution is -0.110. The van der Waals surface area contributed by atoms with Crippen LogP contribution in [-0.2, 0) is 27.1 Å². The van der Waals surface area contributed by atoms with Crippen molar-refractivity contribution in [2.45, 2.75) is 45.3 Å². The molecular weight excluding hydrogens is 384 g/mol. The number of ether oxygens (including phenoxy) is 2. The van der Waals surface area contributed by atoms with Crippen LogP contribution in [0.25, 0.3) is 11.0 Å². The maximum absolute atomic E-state index is 15.0. The fourth-order valence-corrected chi connectivity index (χ4v) is 3.85. The van der Waals surface area contributed by atoms with Gasteiger partial charge in [0.05, 0.1) is 13.2 Å². The zero-order chi connectivity index (χ0) is 20.9. The van der Waals surface area contributed by atoms with Crippen molar-refractivity contribution < 1.29 is 27.8 Å². The normalized spacial score (nSPS) is 20.2. The molecule has 2 heterocycles. The Morgan fingerprint density at radius 1 is 1.28 bits per heavy atom. The number of H-pyrrole nitrogens is 1. The second-order valence-electron chi connectivity index (χ2n) is 8.52. The lowest BCUT2D eigenvalue weighted by Crippen LogP contribution is -2.44. The van der Waals surface area contributed by atoms with Crippen molar-refractivity contribution in [3.8, 4) is 0 Å². The number of nitrogens with zero attached hydrogens (tertiary/aromatic N) is 2. The summed E-state index contributed by atoms with van der Waals surface area (Å²) in [5, 5.41) is 0. The summed E-state index contributed by atoms with van der Waals surface area (Å²) in [4.78, 5) is 31.9. The van der Waals surface area contributed by atoms with Crippen LogP contribution in [0.5, 0.6) is 0 Å². The molecule has 7 nitrogen and oxygen atoms in total. The molecule has 2 aromatic rings. The number of fused-ring (bicyclic) bond motifs is 2. The van der Waals surface area contributed by atoms with E-state index in [1.807, 2.05) is 0 Å². The number of carbonyl (C=O) groups excluding carboxylic acids is 2. The maximum atomic E-state index is 15.0. The standard InChI is InChI=1S/C20H23F2N3O4/c1-20(2,3)29-19(27)25-4-5-28-13(8-25)18-23-16-14(21)11-6-10(9-26)7-12(11)15(22)17(16)24-18/h9-10,13H,4-8H2,1-3H3,(H,23,24). The van der Waals surface area contributed by atoms with Crippen molar-refractivity contribution in [3.05, 3.63) is 28.6 Å². The average Bonchev–Trinajstić information content (AvgIpc) is 3.30. The molecule has 1 aliphatic carbocycles. The highest BCUT2D eigenvalue weighted by atomic mass is 19.1. The van der Waals surface area contributed by atoms with Crippen LogP contribution in [0.1, 0.15) is 43.8 Å². The minimum Gasteiger partial charge on any atom is -0.444 e. The van der Waals surface area contributed by atoms with Crippen molar-refractivity contribution in [1.29, 1.82) is 0 Å². The Morgan fingerprint density at radius 2 is 1.97 bits per heavy atom. The van der Waals surface area contributed by atoms with E-state index >= 15 is 0 Å². The summed E-state index contributed by atoms with van der Waals surface area (Å²) >= 11 is 0. The molecule has 0 spiro atoms. The van der Waals surface area contributed by atoms with Gasteiger partial charge in [0.25, 0.3) is 0 Å². The minimum atomic E-state index is -0.653. The molecule has 1 aromatic carbocycles. The van der Waals surface area contributed by atoms with Crippen LogP contribution in [0.3, 0.4) is 0 Å². The molecule has 0 bridgehead atoms. The van der Waals surface area contributed by atoms with E-state index in [1.54, 1.807) is 20.8 Å². The molecule has 1 fully saturated rings. The highest BCUT2D eigenvalue weighted by molar-refractivity contribution is 5.80. The van der Waals surface area contributed by atoms with Gasteiger partial charge < -0.3 is 24.2 Å². The van der Waals surface area contributed by atoms with Crippen molar-refractivity contribution >= 4 is 23.4 Å². The zero-order valence-corrected chi connectivity index (χ0v) is 16.6. The minimum absolute atomic E-state index is 0.0409. The van der Waals surface area contributed by atoms with E-state index in [1.165, 1.54) is 4.90 Å². The third-order valence-electron chi connectivity index (χ3n) is 5.19. The van der Waals surface area contributed by atoms with Gasteiger partial charge in [-0.2, -0.15) is 0 Å². The fourth-order valence-electron chi connectivity index (χ4n) is 3.85. The zero-order valence-electron chi connectivity index (χ0n) is 16.6. The molecule has 2 unspecified atom stereocenters. The highest BCUT2D eigenvalue weighted by Gasteiger charge is 2.34. The number of hydrogen-bond donors (Lipinski definition) is 1. The molecular formula is C20H23F2N3O4. The predicted octanol–water partition coefficient (Wildman–Crippen LogP) is 3.06. The summed E-state index contributed by atoms with van der Waals surface area (Å²) < 4.78 is 41.0. The van der Waals surface area contributed by atoms with E-state index in [4.69, 9.17) is 9.47 Å². The molecule has 4 rings (SSSR count). The second kappa shape index (κ2) is 7.05. The van der Waals surface area contributed by atoms with E-state index in [0.29, 0.717) is 6.54 Å². The van der Waals surface area contributed by atoms with E-state index in [2.05, 4.69) is 9.97 Å². The van der Waals surface area contributed by atoms with E-state index in [-0.39, 0.29) is 54.0 Å². The Labute approximate surface area is 166 Å². The summed E-state index contributed by atoms with van der Waals surface area (Å²) in [6, 6.07) is 0. The van der Waals surface area contributed by atoms with Gasteiger partial charge in [-0.1, -0.05) is 0 Å². The third-order valence-corrected chi connectivity index (χ3v) is 5.19. The highest BCUT2D eigenvalue weighted by Crippen LogP contribution is 2.36. The van der Waals surface area contributed by atoms with Crippen LogP contribution >= 0.6 is 0 Å². The fraction of sp³-hybridized carbons (Fsp3) is 0.550. The van der Waals surface area contributed by atoms with Crippen LogP contribution in [-0.4, -0.2) is 52.5 Å². The van der Waals surface area contributed by atoms with Gasteiger partial charge in [-0.3, -0.25) is 0 Å². The number of halogens is 2. The van der Waals surface area contributed by atoms with Crippen LogP contribution in [0, 0.1) is 17.6 Å². The largest absolute Gasteiger partial charge is 0.444 e. The Morgan fingerprint density at radius 3 is 2.62 bits per heavy atom. The van der Waals surface area contributed by atoms with Crippen LogP contribution in [0.2, 0.25) is 0 Å². The number of nitrogens with one attached hydrogen (secondary N) is 1. The summed E-state index contributed by atoms with van der Waals surface area (Å²) in [6.45, 7) is 6.11. The molecule has 29 heavy (non-hydrogen) atoms. The number of aldehydes is 1. The third kappa shape index (κ3) is 3.59. The molecule has 2 aliphatic rings. The van der Waals surface area contributed by atoms with Gasteiger partial charge in [0.15, 0.2) is 11.6 Å². The van der Waals surface area contributed by atoms with E-state index < -0.39 is 35.4 Å². The average molecular weight is 407 g/mol. The number of carbonyl (C=O) groups is 2. The topological polar surface area (TPSA) is 84.5 Å². The van der Waals surface area contributed by atoms with Crippen molar-refractivity contribution in [2.75, 3.05) is 19.7 Å². The number of rotatable bonds is 2. The van der Waals surface area contributed by atoms with Gasteiger partial charge >= 0.3 is 6.09 Å². The molecule has 0 radical (unpaired) electrons. The number of aromatic nitrogens is 2. The molecule has 1 aliphatic heterocycles. The van der Waals surface area contributed by atoms with Crippen molar-refractivity contribution in [3.63, 3.8) is 0 Å². The van der Waals surface area contributed by atoms with E-state index in [0.717, 1.165) is 6.29 Å². The molecule has 1 N–H and O–H groups in total. The number of hydrogen-bond acceptors (Lipinski definition) is 5. The Balaban J connectivity index is 1.62. The summed E-state index contributed by atoms with van der Waals surface area (Å²) in [5.74, 6) is -1.35. The van der Waals surface area contributed by atoms with Crippen molar-refractivity contribution in [2.24, 2.45) is 5.92 Å². The van der Waals surface area contributed by atoms with Gasteiger partial charge in [-0.05, 0) is 44.7 Å². The molecule has 0 saturated carbocycles. The number of amides is 1. The Hall–Kier alpha value is -2.55. The van der Waals surface area contributed by atoms with Gasteiger partial charge in [-0.15, -0.1) is 0 Å². The quantitative estimate of drug-likeness (QED) is 0.774. The number of imidazole rings is 1. The van der Waals surface area contributed by atoms with Gasteiger partial charge in [0, 0.05) is 12.5 Å². The molecule has 1 saturated heterocycles. The van der Waals surface area contributed by atoms with Gasteiger partial charge in [-0.25, -0.2) is 18.6 Å². The Kier molecular flexibility index (Phi) is 4.80. The second-order valence-corrected chi connectivity index (χ2v) is 8.52. The van der Waals surface area contributed by atoms with Gasteiger partial charge in [0.1, 0.15) is 34.8 Å². The van der Waals surface area contributed by atoms with Crippen LogP contribution in [0.15, 0.2) is 0 Å². The summed E-state index contributed by atoms with van der Waals surface area (Å²) in [6.07, 6.45) is -0.0458. The predicted molar refractivity (Wildman–Crippen MR) is 99.5 cm³/mol. The number of aromatic amines is 1. The summed E-state index contributed by atoms with van der Waals surface area (Å²) in [5.41, 5.74) is -0.342. The SMILES string of the molecule is CC(C)(C)OC(=O)N1CCOC(c2nc3c(F)c4c(c(F)c3[nH]2)CC(C=O)C4)C1. The smallest absolute Gasteiger partial charge is 0.410 e. The van der Waals surface area contributed by atoms with Gasteiger partial charge in [0.2, 0.25) is 0 Å². The molecule has 9 heteroatoms. The lowest BCUT2D eigenvalue weighted by atomic mass is 10.1. The monoisotopic (exact) mass is 407 g/mol. The van der Waals surface area contributed by atoms with Crippen LogP contribution < -0.4 is 0 Å². The maximum Gasteiger partial charge on any atom is 0.410 e. The number of morpholine rings is 1.